The second kappa shape index (κ2) is 6.96. The molecule has 0 aromatic heterocycles. The van der Waals surface area contributed by atoms with Gasteiger partial charge in [-0.1, -0.05) is 29.4 Å². The number of aliphatic carboxylic acids is 1. The van der Waals surface area contributed by atoms with Crippen molar-refractivity contribution in [2.45, 2.75) is 25.9 Å². The molecule has 2 N–H and O–H groups in total. The number of carboxylic acids is 1. The van der Waals surface area contributed by atoms with E-state index in [0.29, 0.717) is 22.3 Å². The molecule has 0 amide bonds. The number of rotatable bonds is 4. The van der Waals surface area contributed by atoms with Gasteiger partial charge in [0.25, 0.3) is 0 Å². The van der Waals surface area contributed by atoms with E-state index < -0.39 is 23.6 Å². The minimum Gasteiger partial charge on any atom is -0.481 e. The summed E-state index contributed by atoms with van der Waals surface area (Å²) in [7, 11) is 0. The lowest BCUT2D eigenvalue weighted by atomic mass is 9.91. The minimum atomic E-state index is -4.44. The molecule has 0 spiro atoms. The predicted molar refractivity (Wildman–Crippen MR) is 86.9 cm³/mol. The van der Waals surface area contributed by atoms with Gasteiger partial charge in [-0.25, -0.2) is 0 Å². The van der Waals surface area contributed by atoms with E-state index in [9.17, 15) is 18.0 Å². The molecule has 0 saturated carbocycles. The normalized spacial score (nSPS) is 13.6. The number of hydrogen-bond acceptors (Lipinski definition) is 3. The molecule has 4 nitrogen and oxygen atoms in total. The van der Waals surface area contributed by atoms with Crippen molar-refractivity contribution in [1.29, 1.82) is 0 Å². The second-order valence-electron chi connectivity index (χ2n) is 5.63. The van der Waals surface area contributed by atoms with E-state index >= 15 is 0 Å². The Morgan fingerprint density at radius 1 is 1.12 bits per heavy atom. The van der Waals surface area contributed by atoms with E-state index in [1.165, 1.54) is 19.1 Å². The lowest BCUT2D eigenvalue weighted by Gasteiger charge is -2.14. The molecule has 0 aliphatic rings. The fourth-order valence-corrected chi connectivity index (χ4v) is 2.42. The Kier molecular flexibility index (Phi) is 5.15. The van der Waals surface area contributed by atoms with Crippen molar-refractivity contribution in [3.05, 3.63) is 59.2 Å². The van der Waals surface area contributed by atoms with Crippen LogP contribution in [0.4, 0.5) is 13.2 Å². The van der Waals surface area contributed by atoms with E-state index in [-0.39, 0.29) is 5.71 Å². The standard InChI is InChI=1S/C18H16F3NO3/c1-10(17(23)24)13-5-8-15(11(2)22-25)16(9-13)12-3-6-14(7-4-12)18(19,20)21/h3-10,25H,1-2H3,(H,23,24)/b22-11+. The van der Waals surface area contributed by atoms with Gasteiger partial charge in [0.1, 0.15) is 0 Å². The summed E-state index contributed by atoms with van der Waals surface area (Å²) in [5, 5.41) is 21.3. The summed E-state index contributed by atoms with van der Waals surface area (Å²) in [4.78, 5) is 11.2. The summed E-state index contributed by atoms with van der Waals surface area (Å²) in [6.07, 6.45) is -4.44. The first-order valence-electron chi connectivity index (χ1n) is 7.38. The van der Waals surface area contributed by atoms with E-state index in [0.717, 1.165) is 12.1 Å². The number of halogens is 3. The molecule has 132 valence electrons. The molecule has 0 heterocycles. The highest BCUT2D eigenvalue weighted by atomic mass is 19.4. The van der Waals surface area contributed by atoms with Gasteiger partial charge in [-0.2, -0.15) is 13.2 Å². The van der Waals surface area contributed by atoms with E-state index in [4.69, 9.17) is 10.3 Å². The van der Waals surface area contributed by atoms with Crippen molar-refractivity contribution in [2.24, 2.45) is 5.16 Å². The van der Waals surface area contributed by atoms with Crippen LogP contribution in [0.2, 0.25) is 0 Å². The summed E-state index contributed by atoms with van der Waals surface area (Å²) in [5.74, 6) is -1.80. The monoisotopic (exact) mass is 351 g/mol. The van der Waals surface area contributed by atoms with Crippen LogP contribution >= 0.6 is 0 Å². The van der Waals surface area contributed by atoms with Crippen molar-refractivity contribution in [3.63, 3.8) is 0 Å². The Labute approximate surface area is 142 Å². The van der Waals surface area contributed by atoms with Crippen molar-refractivity contribution in [1.82, 2.24) is 0 Å². The third-order valence-electron chi connectivity index (χ3n) is 3.98. The second-order valence-corrected chi connectivity index (χ2v) is 5.63. The maximum atomic E-state index is 12.7. The molecule has 0 aliphatic heterocycles. The van der Waals surface area contributed by atoms with E-state index in [1.54, 1.807) is 25.1 Å². The van der Waals surface area contributed by atoms with Crippen LogP contribution in [-0.2, 0) is 11.0 Å². The zero-order valence-corrected chi connectivity index (χ0v) is 13.5. The first kappa shape index (κ1) is 18.5. The Morgan fingerprint density at radius 3 is 2.20 bits per heavy atom. The third-order valence-corrected chi connectivity index (χ3v) is 3.98. The number of benzene rings is 2. The zero-order chi connectivity index (χ0) is 18.8. The Bertz CT molecular complexity index is 811. The smallest absolute Gasteiger partial charge is 0.416 e. The van der Waals surface area contributed by atoms with Gasteiger partial charge in [-0.05, 0) is 48.7 Å². The fourth-order valence-electron chi connectivity index (χ4n) is 2.42. The van der Waals surface area contributed by atoms with Gasteiger partial charge in [-0.3, -0.25) is 4.79 Å². The Balaban J connectivity index is 2.60. The summed E-state index contributed by atoms with van der Waals surface area (Å²) in [5.41, 5.74) is 1.45. The molecule has 1 unspecified atom stereocenters. The fraction of sp³-hybridized carbons (Fsp3) is 0.222. The van der Waals surface area contributed by atoms with Crippen LogP contribution in [0.5, 0.6) is 0 Å². The lowest BCUT2D eigenvalue weighted by molar-refractivity contribution is -0.138. The highest BCUT2D eigenvalue weighted by Gasteiger charge is 2.30. The van der Waals surface area contributed by atoms with Gasteiger partial charge in [0, 0.05) is 5.56 Å². The van der Waals surface area contributed by atoms with Gasteiger partial charge in [0.15, 0.2) is 0 Å². The van der Waals surface area contributed by atoms with Crippen molar-refractivity contribution in [3.8, 4) is 11.1 Å². The number of nitrogens with zero attached hydrogens (tertiary/aromatic N) is 1. The van der Waals surface area contributed by atoms with Crippen LogP contribution < -0.4 is 0 Å². The molecule has 0 aliphatic carbocycles. The van der Waals surface area contributed by atoms with Crippen LogP contribution in [0.25, 0.3) is 11.1 Å². The minimum absolute atomic E-state index is 0.268. The molecule has 1 atom stereocenters. The maximum absolute atomic E-state index is 12.7. The first-order valence-corrected chi connectivity index (χ1v) is 7.38. The number of hydrogen-bond donors (Lipinski definition) is 2. The molecule has 2 rings (SSSR count). The van der Waals surface area contributed by atoms with Gasteiger partial charge in [0.2, 0.25) is 0 Å². The summed E-state index contributed by atoms with van der Waals surface area (Å²) in [6, 6.07) is 9.30. The van der Waals surface area contributed by atoms with Crippen LogP contribution in [0.15, 0.2) is 47.6 Å². The quantitative estimate of drug-likeness (QED) is 0.474. The van der Waals surface area contributed by atoms with Gasteiger partial charge < -0.3 is 10.3 Å². The molecule has 0 bridgehead atoms. The van der Waals surface area contributed by atoms with Crippen LogP contribution in [-0.4, -0.2) is 22.0 Å². The highest BCUT2D eigenvalue weighted by Crippen LogP contribution is 2.33. The molecular formula is C18H16F3NO3. The summed E-state index contributed by atoms with van der Waals surface area (Å²) < 4.78 is 38.2. The summed E-state index contributed by atoms with van der Waals surface area (Å²) >= 11 is 0. The molecular weight excluding hydrogens is 335 g/mol. The van der Waals surface area contributed by atoms with Gasteiger partial charge in [0.05, 0.1) is 17.2 Å². The number of carboxylic acid groups (broad SMARTS) is 1. The maximum Gasteiger partial charge on any atom is 0.416 e. The number of oxime groups is 1. The van der Waals surface area contributed by atoms with E-state index in [1.807, 2.05) is 0 Å². The molecule has 7 heteroatoms. The Morgan fingerprint density at radius 2 is 1.72 bits per heavy atom. The highest BCUT2D eigenvalue weighted by molar-refractivity contribution is 6.04. The predicted octanol–water partition coefficient (Wildman–Crippen LogP) is 4.76. The van der Waals surface area contributed by atoms with Crippen LogP contribution in [0.3, 0.4) is 0 Å². The van der Waals surface area contributed by atoms with Crippen LogP contribution in [0, 0.1) is 0 Å². The molecule has 0 fully saturated rings. The summed E-state index contributed by atoms with van der Waals surface area (Å²) in [6.45, 7) is 3.06. The van der Waals surface area contributed by atoms with Gasteiger partial charge in [-0.15, -0.1) is 0 Å². The average molecular weight is 351 g/mol. The number of carbonyl (C=O) groups is 1. The van der Waals surface area contributed by atoms with Gasteiger partial charge >= 0.3 is 12.1 Å². The molecule has 2 aromatic carbocycles. The van der Waals surface area contributed by atoms with E-state index in [2.05, 4.69) is 5.16 Å². The molecule has 0 saturated heterocycles. The zero-order valence-electron chi connectivity index (χ0n) is 13.5. The Hall–Kier alpha value is -2.83. The molecule has 2 aromatic rings. The largest absolute Gasteiger partial charge is 0.481 e. The lowest BCUT2D eigenvalue weighted by Crippen LogP contribution is -2.09. The SMILES string of the molecule is C/C(=N\O)c1ccc(C(C)C(=O)O)cc1-c1ccc(C(F)(F)F)cc1. The topological polar surface area (TPSA) is 69.9 Å². The van der Waals surface area contributed by atoms with Crippen LogP contribution in [0.1, 0.15) is 36.5 Å². The van der Waals surface area contributed by atoms with Crippen molar-refractivity contribution < 1.29 is 28.3 Å². The molecule has 25 heavy (non-hydrogen) atoms. The average Bonchev–Trinajstić information content (AvgIpc) is 2.59. The third kappa shape index (κ3) is 3.99. The first-order chi connectivity index (χ1) is 11.6. The molecule has 0 radical (unpaired) electrons. The van der Waals surface area contributed by atoms with Crippen molar-refractivity contribution in [2.75, 3.05) is 0 Å². The number of alkyl halides is 3. The van der Waals surface area contributed by atoms with Crippen molar-refractivity contribution >= 4 is 11.7 Å².